The molecule has 0 radical (unpaired) electrons. The summed E-state index contributed by atoms with van der Waals surface area (Å²) in [6.07, 6.45) is 7.93. The van der Waals surface area contributed by atoms with Crippen molar-refractivity contribution in [2.45, 2.75) is 32.1 Å². The van der Waals surface area contributed by atoms with E-state index in [9.17, 15) is 8.42 Å². The lowest BCUT2D eigenvalue weighted by atomic mass is 9.97. The summed E-state index contributed by atoms with van der Waals surface area (Å²) < 4.78 is 28.2. The van der Waals surface area contributed by atoms with Crippen molar-refractivity contribution in [2.75, 3.05) is 32.7 Å². The molecule has 2 aliphatic rings. The zero-order chi connectivity index (χ0) is 12.8. The topological polar surface area (TPSA) is 61.4 Å². The molecule has 0 aromatic rings. The van der Waals surface area contributed by atoms with E-state index in [4.69, 9.17) is 0 Å². The van der Waals surface area contributed by atoms with Crippen LogP contribution in [0.1, 0.15) is 32.1 Å². The molecule has 5 nitrogen and oxygen atoms in total. The molecule has 1 fully saturated rings. The van der Waals surface area contributed by atoms with Crippen LogP contribution >= 0.6 is 0 Å². The largest absolute Gasteiger partial charge is 0.314 e. The average Bonchev–Trinajstić information content (AvgIpc) is 2.41. The fourth-order valence-electron chi connectivity index (χ4n) is 2.45. The van der Waals surface area contributed by atoms with E-state index in [2.05, 4.69) is 16.1 Å². The van der Waals surface area contributed by atoms with Gasteiger partial charge >= 0.3 is 0 Å². The second-order valence-electron chi connectivity index (χ2n) is 4.91. The van der Waals surface area contributed by atoms with Gasteiger partial charge in [-0.1, -0.05) is 11.6 Å². The summed E-state index contributed by atoms with van der Waals surface area (Å²) in [6, 6.07) is 0. The van der Waals surface area contributed by atoms with Gasteiger partial charge in [0.2, 0.25) is 0 Å². The van der Waals surface area contributed by atoms with Crippen LogP contribution in [0.5, 0.6) is 0 Å². The fourth-order valence-corrected chi connectivity index (χ4v) is 3.65. The molecular formula is C12H23N3O2S. The van der Waals surface area contributed by atoms with Gasteiger partial charge in [-0.3, -0.25) is 0 Å². The third-order valence-electron chi connectivity index (χ3n) is 3.53. The van der Waals surface area contributed by atoms with Crippen LogP contribution in [-0.4, -0.2) is 45.4 Å². The zero-order valence-corrected chi connectivity index (χ0v) is 11.6. The second-order valence-corrected chi connectivity index (χ2v) is 6.66. The minimum Gasteiger partial charge on any atom is -0.314 e. The molecule has 0 atom stereocenters. The summed E-state index contributed by atoms with van der Waals surface area (Å²) in [4.78, 5) is 0. The summed E-state index contributed by atoms with van der Waals surface area (Å²) in [5.41, 5.74) is 1.41. The van der Waals surface area contributed by atoms with Gasteiger partial charge in [0.25, 0.3) is 10.2 Å². The molecule has 1 saturated heterocycles. The highest BCUT2D eigenvalue weighted by molar-refractivity contribution is 7.87. The predicted molar refractivity (Wildman–Crippen MR) is 72.5 cm³/mol. The van der Waals surface area contributed by atoms with Crippen molar-refractivity contribution < 1.29 is 8.42 Å². The van der Waals surface area contributed by atoms with E-state index in [1.54, 1.807) is 0 Å². The monoisotopic (exact) mass is 273 g/mol. The quantitative estimate of drug-likeness (QED) is 0.722. The summed E-state index contributed by atoms with van der Waals surface area (Å²) in [5, 5.41) is 3.15. The molecule has 0 aromatic carbocycles. The van der Waals surface area contributed by atoms with Gasteiger partial charge in [0, 0.05) is 32.7 Å². The van der Waals surface area contributed by atoms with Gasteiger partial charge in [-0.2, -0.15) is 12.7 Å². The summed E-state index contributed by atoms with van der Waals surface area (Å²) in [5.74, 6) is 0. The lowest BCUT2D eigenvalue weighted by Crippen LogP contribution is -2.50. The van der Waals surface area contributed by atoms with Crippen LogP contribution in [-0.2, 0) is 10.2 Å². The molecule has 6 heteroatoms. The molecule has 0 unspecified atom stereocenters. The molecule has 2 N–H and O–H groups in total. The first-order valence-corrected chi connectivity index (χ1v) is 8.26. The normalized spacial score (nSPS) is 22.8. The second kappa shape index (κ2) is 6.65. The van der Waals surface area contributed by atoms with E-state index < -0.39 is 10.2 Å². The van der Waals surface area contributed by atoms with Crippen LogP contribution in [0.15, 0.2) is 11.6 Å². The Labute approximate surface area is 110 Å². The number of nitrogens with zero attached hydrogens (tertiary/aromatic N) is 1. The smallest absolute Gasteiger partial charge is 0.279 e. The van der Waals surface area contributed by atoms with E-state index in [0.29, 0.717) is 19.6 Å². The number of nitrogens with one attached hydrogen (secondary N) is 2. The standard InChI is InChI=1S/C12H23N3O2S/c16-18(17,15-10-8-13-9-11-15)14-7-6-12-4-2-1-3-5-12/h4,13-14H,1-3,5-11H2. The van der Waals surface area contributed by atoms with Crippen LogP contribution in [0.3, 0.4) is 0 Å². The molecule has 1 heterocycles. The van der Waals surface area contributed by atoms with Gasteiger partial charge < -0.3 is 5.32 Å². The van der Waals surface area contributed by atoms with Crippen molar-refractivity contribution in [3.05, 3.63) is 11.6 Å². The summed E-state index contributed by atoms with van der Waals surface area (Å²) in [6.45, 7) is 3.15. The van der Waals surface area contributed by atoms with Crippen LogP contribution in [0.25, 0.3) is 0 Å². The number of piperazine rings is 1. The van der Waals surface area contributed by atoms with E-state index in [1.165, 1.54) is 22.7 Å². The van der Waals surface area contributed by atoms with Crippen molar-refractivity contribution in [1.29, 1.82) is 0 Å². The first-order valence-electron chi connectivity index (χ1n) is 6.82. The summed E-state index contributed by atoms with van der Waals surface area (Å²) in [7, 11) is -3.27. The van der Waals surface area contributed by atoms with Crippen LogP contribution in [0, 0.1) is 0 Å². The maximum atomic E-state index is 12.0. The SMILES string of the molecule is O=S(=O)(NCCC1=CCCCC1)N1CCNCC1. The fraction of sp³-hybridized carbons (Fsp3) is 0.833. The molecule has 0 aromatic heterocycles. The predicted octanol–water partition coefficient (Wildman–Crippen LogP) is 0.617. The Bertz CT molecular complexity index is 386. The Morgan fingerprint density at radius 2 is 2.06 bits per heavy atom. The molecule has 2 rings (SSSR count). The zero-order valence-electron chi connectivity index (χ0n) is 10.8. The minimum absolute atomic E-state index is 0.526. The van der Waals surface area contributed by atoms with Gasteiger partial charge in [0.1, 0.15) is 0 Å². The van der Waals surface area contributed by atoms with E-state index in [-0.39, 0.29) is 0 Å². The van der Waals surface area contributed by atoms with Crippen molar-refractivity contribution in [3.63, 3.8) is 0 Å². The van der Waals surface area contributed by atoms with Gasteiger partial charge in [-0.25, -0.2) is 4.72 Å². The van der Waals surface area contributed by atoms with Gasteiger partial charge in [0.15, 0.2) is 0 Å². The number of hydrogen-bond donors (Lipinski definition) is 2. The Kier molecular flexibility index (Phi) is 5.17. The van der Waals surface area contributed by atoms with Crippen LogP contribution in [0.2, 0.25) is 0 Å². The molecular weight excluding hydrogens is 250 g/mol. The third-order valence-corrected chi connectivity index (χ3v) is 5.15. The average molecular weight is 273 g/mol. The first-order chi connectivity index (χ1) is 8.68. The van der Waals surface area contributed by atoms with Crippen LogP contribution in [0.4, 0.5) is 0 Å². The molecule has 1 aliphatic heterocycles. The number of hydrogen-bond acceptors (Lipinski definition) is 3. The van der Waals surface area contributed by atoms with Crippen molar-refractivity contribution >= 4 is 10.2 Å². The molecule has 0 spiro atoms. The Morgan fingerprint density at radius 1 is 1.28 bits per heavy atom. The highest BCUT2D eigenvalue weighted by atomic mass is 32.2. The lowest BCUT2D eigenvalue weighted by Gasteiger charge is -2.26. The van der Waals surface area contributed by atoms with Gasteiger partial charge in [-0.15, -0.1) is 0 Å². The van der Waals surface area contributed by atoms with E-state index in [0.717, 1.165) is 32.4 Å². The Balaban J connectivity index is 1.76. The van der Waals surface area contributed by atoms with Gasteiger partial charge in [0.05, 0.1) is 0 Å². The van der Waals surface area contributed by atoms with Crippen molar-refractivity contribution in [2.24, 2.45) is 0 Å². The van der Waals surface area contributed by atoms with Crippen molar-refractivity contribution in [3.8, 4) is 0 Å². The maximum absolute atomic E-state index is 12.0. The first kappa shape index (κ1) is 14.0. The van der Waals surface area contributed by atoms with Crippen LogP contribution < -0.4 is 10.0 Å². The van der Waals surface area contributed by atoms with Crippen molar-refractivity contribution in [1.82, 2.24) is 14.3 Å². The minimum atomic E-state index is -3.27. The molecule has 1 aliphatic carbocycles. The highest BCUT2D eigenvalue weighted by Crippen LogP contribution is 2.19. The Hall–Kier alpha value is -0.430. The number of rotatable bonds is 5. The van der Waals surface area contributed by atoms with E-state index in [1.807, 2.05) is 0 Å². The molecule has 0 saturated carbocycles. The maximum Gasteiger partial charge on any atom is 0.279 e. The highest BCUT2D eigenvalue weighted by Gasteiger charge is 2.22. The van der Waals surface area contributed by atoms with E-state index >= 15 is 0 Å². The summed E-state index contributed by atoms with van der Waals surface area (Å²) >= 11 is 0. The lowest BCUT2D eigenvalue weighted by molar-refractivity contribution is 0.355. The Morgan fingerprint density at radius 3 is 2.72 bits per heavy atom. The molecule has 0 bridgehead atoms. The molecule has 0 amide bonds. The molecule has 104 valence electrons. The van der Waals surface area contributed by atoms with Gasteiger partial charge in [-0.05, 0) is 32.1 Å². The number of allylic oxidation sites excluding steroid dienone is 1. The molecule has 18 heavy (non-hydrogen) atoms. The third kappa shape index (κ3) is 4.05.